The van der Waals surface area contributed by atoms with Crippen LogP contribution in [-0.2, 0) is 9.53 Å². The zero-order valence-corrected chi connectivity index (χ0v) is 13.9. The van der Waals surface area contributed by atoms with E-state index in [1.54, 1.807) is 6.08 Å². The Morgan fingerprint density at radius 3 is 2.82 bits per heavy atom. The minimum atomic E-state index is -0.459. The van der Waals surface area contributed by atoms with Gasteiger partial charge in [-0.25, -0.2) is 4.79 Å². The molecule has 0 fully saturated rings. The van der Waals surface area contributed by atoms with Gasteiger partial charge in [-0.15, -0.1) is 0 Å². The topological polar surface area (TPSA) is 35.5 Å². The minimum absolute atomic E-state index is 0.255. The van der Waals surface area contributed by atoms with Gasteiger partial charge in [0.1, 0.15) is 11.4 Å². The molecule has 3 heteroatoms. The van der Waals surface area contributed by atoms with Crippen LogP contribution >= 0.6 is 0 Å². The molecule has 0 radical (unpaired) electrons. The van der Waals surface area contributed by atoms with Crippen molar-refractivity contribution in [3.63, 3.8) is 0 Å². The molecule has 118 valence electrons. The Morgan fingerprint density at radius 2 is 2.09 bits per heavy atom. The van der Waals surface area contributed by atoms with E-state index in [0.29, 0.717) is 5.92 Å². The first-order valence-corrected chi connectivity index (χ1v) is 8.05. The average Bonchev–Trinajstić information content (AvgIpc) is 2.42. The summed E-state index contributed by atoms with van der Waals surface area (Å²) in [6, 6.07) is 4.15. The highest BCUT2D eigenvalue weighted by molar-refractivity contribution is 5.93. The van der Waals surface area contributed by atoms with Crippen LogP contribution in [0.3, 0.4) is 0 Å². The predicted octanol–water partition coefficient (Wildman–Crippen LogP) is 4.38. The second-order valence-electron chi connectivity index (χ2n) is 7.25. The number of carbonyl (C=O) groups excluding carboxylic acids is 1. The molecule has 0 N–H and O–H groups in total. The molecular formula is C19H24O3. The molecule has 1 aromatic rings. The van der Waals surface area contributed by atoms with Gasteiger partial charge in [-0.3, -0.25) is 0 Å². The maximum atomic E-state index is 12.2. The van der Waals surface area contributed by atoms with E-state index in [0.717, 1.165) is 37.2 Å². The summed E-state index contributed by atoms with van der Waals surface area (Å²) in [7, 11) is 0. The Labute approximate surface area is 132 Å². The molecule has 1 atom stereocenters. The number of carbonyl (C=O) groups is 1. The van der Waals surface area contributed by atoms with Crippen LogP contribution in [-0.4, -0.2) is 18.2 Å². The lowest BCUT2D eigenvalue weighted by Crippen LogP contribution is -2.24. The van der Waals surface area contributed by atoms with Crippen molar-refractivity contribution in [2.24, 2.45) is 0 Å². The summed E-state index contributed by atoms with van der Waals surface area (Å²) in [5.41, 5.74) is 4.35. The Balaban J connectivity index is 2.01. The molecule has 3 rings (SSSR count). The van der Waals surface area contributed by atoms with Crippen LogP contribution < -0.4 is 4.74 Å². The molecule has 1 unspecified atom stereocenters. The third-order valence-electron chi connectivity index (χ3n) is 4.33. The van der Waals surface area contributed by atoms with Crippen molar-refractivity contribution >= 4 is 11.5 Å². The normalized spacial score (nSPS) is 22.0. The molecule has 0 saturated heterocycles. The van der Waals surface area contributed by atoms with E-state index in [-0.39, 0.29) is 5.97 Å². The van der Waals surface area contributed by atoms with E-state index in [4.69, 9.17) is 9.47 Å². The molecule has 1 heterocycles. The van der Waals surface area contributed by atoms with Crippen molar-refractivity contribution in [2.75, 3.05) is 6.61 Å². The lowest BCUT2D eigenvalue weighted by molar-refractivity contribution is -0.148. The maximum Gasteiger partial charge on any atom is 0.331 e. The molecule has 1 aliphatic carbocycles. The van der Waals surface area contributed by atoms with Crippen molar-refractivity contribution < 1.29 is 14.3 Å². The van der Waals surface area contributed by atoms with Crippen LogP contribution in [0, 0.1) is 6.92 Å². The van der Waals surface area contributed by atoms with Gasteiger partial charge in [0.15, 0.2) is 0 Å². The molecule has 0 amide bonds. The highest BCUT2D eigenvalue weighted by Crippen LogP contribution is 2.47. The monoisotopic (exact) mass is 300 g/mol. The van der Waals surface area contributed by atoms with Crippen molar-refractivity contribution in [1.29, 1.82) is 0 Å². The van der Waals surface area contributed by atoms with Crippen LogP contribution in [0.4, 0.5) is 0 Å². The Hall–Kier alpha value is -1.77. The Kier molecular flexibility index (Phi) is 3.75. The smallest absolute Gasteiger partial charge is 0.331 e. The largest absolute Gasteiger partial charge is 0.493 e. The molecule has 1 aliphatic heterocycles. The molecule has 0 bridgehead atoms. The van der Waals surface area contributed by atoms with Crippen molar-refractivity contribution in [1.82, 2.24) is 0 Å². The van der Waals surface area contributed by atoms with E-state index >= 15 is 0 Å². The molecule has 0 spiro atoms. The number of hydrogen-bond donors (Lipinski definition) is 0. The molecule has 3 nitrogen and oxygen atoms in total. The summed E-state index contributed by atoms with van der Waals surface area (Å²) < 4.78 is 11.3. The highest BCUT2D eigenvalue weighted by atomic mass is 16.6. The third kappa shape index (κ3) is 2.90. The van der Waals surface area contributed by atoms with Gasteiger partial charge >= 0.3 is 5.97 Å². The number of benzene rings is 1. The van der Waals surface area contributed by atoms with Crippen LogP contribution in [0.5, 0.6) is 5.75 Å². The summed E-state index contributed by atoms with van der Waals surface area (Å²) in [5.74, 6) is 1.30. The second kappa shape index (κ2) is 5.45. The molecule has 0 aromatic heterocycles. The molecular weight excluding hydrogens is 276 g/mol. The Bertz CT molecular complexity index is 635. The quantitative estimate of drug-likeness (QED) is 0.570. The highest BCUT2D eigenvalue weighted by Gasteiger charge is 2.31. The number of esters is 1. The zero-order chi connectivity index (χ0) is 15.9. The van der Waals surface area contributed by atoms with E-state index in [1.807, 2.05) is 20.8 Å². The fourth-order valence-corrected chi connectivity index (χ4v) is 3.48. The predicted molar refractivity (Wildman–Crippen MR) is 87.1 cm³/mol. The van der Waals surface area contributed by atoms with Gasteiger partial charge in [-0.05, 0) is 75.6 Å². The van der Waals surface area contributed by atoms with Crippen LogP contribution in [0.2, 0.25) is 0 Å². The molecule has 2 aliphatic rings. The van der Waals surface area contributed by atoms with Crippen LogP contribution in [0.25, 0.3) is 5.57 Å². The SMILES string of the molecule is Cc1ccc2c3c1/C(=C/C(=O)OC(C)(C)C)CCC3CCO2. The van der Waals surface area contributed by atoms with Crippen molar-refractivity contribution in [2.45, 2.75) is 58.5 Å². The average molecular weight is 300 g/mol. The van der Waals surface area contributed by atoms with Gasteiger partial charge in [-0.1, -0.05) is 6.07 Å². The van der Waals surface area contributed by atoms with E-state index < -0.39 is 5.60 Å². The third-order valence-corrected chi connectivity index (χ3v) is 4.33. The van der Waals surface area contributed by atoms with Gasteiger partial charge in [0.25, 0.3) is 0 Å². The first-order chi connectivity index (χ1) is 10.3. The van der Waals surface area contributed by atoms with E-state index in [1.165, 1.54) is 16.7 Å². The minimum Gasteiger partial charge on any atom is -0.493 e. The number of aryl methyl sites for hydroxylation is 1. The number of allylic oxidation sites excluding steroid dienone is 1. The van der Waals surface area contributed by atoms with Gasteiger partial charge in [0, 0.05) is 11.6 Å². The van der Waals surface area contributed by atoms with Crippen molar-refractivity contribution in [3.8, 4) is 5.75 Å². The van der Waals surface area contributed by atoms with Crippen LogP contribution in [0.15, 0.2) is 18.2 Å². The van der Waals surface area contributed by atoms with Gasteiger partial charge in [0.05, 0.1) is 6.61 Å². The maximum absolute atomic E-state index is 12.2. The van der Waals surface area contributed by atoms with E-state index in [9.17, 15) is 4.79 Å². The summed E-state index contributed by atoms with van der Waals surface area (Å²) in [5, 5.41) is 0. The number of rotatable bonds is 1. The number of ether oxygens (including phenoxy) is 2. The summed E-state index contributed by atoms with van der Waals surface area (Å²) in [6.45, 7) is 8.58. The first kappa shape index (κ1) is 15.1. The lowest BCUT2D eigenvalue weighted by Gasteiger charge is -2.34. The van der Waals surface area contributed by atoms with E-state index in [2.05, 4.69) is 19.1 Å². The number of hydrogen-bond acceptors (Lipinski definition) is 3. The summed E-state index contributed by atoms with van der Waals surface area (Å²) in [4.78, 5) is 12.2. The first-order valence-electron chi connectivity index (χ1n) is 8.05. The summed E-state index contributed by atoms with van der Waals surface area (Å²) in [6.07, 6.45) is 4.77. The fraction of sp³-hybridized carbons (Fsp3) is 0.526. The van der Waals surface area contributed by atoms with Gasteiger partial charge in [0.2, 0.25) is 0 Å². The summed E-state index contributed by atoms with van der Waals surface area (Å²) >= 11 is 0. The second-order valence-corrected chi connectivity index (χ2v) is 7.25. The molecule has 1 aromatic carbocycles. The van der Waals surface area contributed by atoms with Gasteiger partial charge in [-0.2, -0.15) is 0 Å². The molecule has 22 heavy (non-hydrogen) atoms. The van der Waals surface area contributed by atoms with Gasteiger partial charge < -0.3 is 9.47 Å². The molecule has 0 saturated carbocycles. The fourth-order valence-electron chi connectivity index (χ4n) is 3.48. The lowest BCUT2D eigenvalue weighted by atomic mass is 9.75. The van der Waals surface area contributed by atoms with Crippen LogP contribution in [0.1, 0.15) is 62.6 Å². The zero-order valence-electron chi connectivity index (χ0n) is 13.9. The Morgan fingerprint density at radius 1 is 1.32 bits per heavy atom. The standard InChI is InChI=1S/C19H24O3/c1-12-5-8-15-18-13(9-10-21-15)6-7-14(17(12)18)11-16(20)22-19(2,3)4/h5,8,11,13H,6-7,9-10H2,1-4H3/b14-11+. The van der Waals surface area contributed by atoms with Crippen molar-refractivity contribution in [3.05, 3.63) is 34.9 Å².